The molecule has 0 aliphatic rings. The fourth-order valence-corrected chi connectivity index (χ4v) is 3.45. The number of rotatable bonds is 6. The SMILES string of the molecule is Cc1ccccc1CSc1nnc(-c2ccco2)n1CC(C)C. The molecule has 0 fully saturated rings. The van der Waals surface area contributed by atoms with Gasteiger partial charge in [-0.15, -0.1) is 10.2 Å². The first kappa shape index (κ1) is 15.9. The number of nitrogens with zero attached hydrogens (tertiary/aromatic N) is 3. The Bertz CT molecular complexity index is 762. The van der Waals surface area contributed by atoms with Crippen LogP contribution in [0.1, 0.15) is 25.0 Å². The smallest absolute Gasteiger partial charge is 0.200 e. The molecule has 5 heteroatoms. The lowest BCUT2D eigenvalue weighted by Crippen LogP contribution is -2.07. The predicted molar refractivity (Wildman–Crippen MR) is 93.3 cm³/mol. The maximum Gasteiger partial charge on any atom is 0.200 e. The highest BCUT2D eigenvalue weighted by Gasteiger charge is 2.17. The Hall–Kier alpha value is -2.01. The van der Waals surface area contributed by atoms with Gasteiger partial charge < -0.3 is 4.42 Å². The third-order valence-corrected chi connectivity index (χ3v) is 4.64. The second kappa shape index (κ2) is 7.04. The van der Waals surface area contributed by atoms with E-state index in [1.54, 1.807) is 18.0 Å². The maximum atomic E-state index is 5.50. The quantitative estimate of drug-likeness (QED) is 0.610. The van der Waals surface area contributed by atoms with E-state index in [2.05, 4.69) is 59.8 Å². The molecule has 2 aromatic heterocycles. The molecule has 1 aromatic carbocycles. The molecule has 0 N–H and O–H groups in total. The molecule has 0 aliphatic heterocycles. The molecular formula is C18H21N3OS. The zero-order chi connectivity index (χ0) is 16.2. The molecule has 0 spiro atoms. The highest BCUT2D eigenvalue weighted by atomic mass is 32.2. The Labute approximate surface area is 140 Å². The molecule has 3 rings (SSSR count). The van der Waals surface area contributed by atoms with Gasteiger partial charge in [0.15, 0.2) is 16.7 Å². The summed E-state index contributed by atoms with van der Waals surface area (Å²) in [4.78, 5) is 0. The summed E-state index contributed by atoms with van der Waals surface area (Å²) in [6.07, 6.45) is 1.67. The zero-order valence-corrected chi connectivity index (χ0v) is 14.5. The van der Waals surface area contributed by atoms with Crippen LogP contribution < -0.4 is 0 Å². The van der Waals surface area contributed by atoms with Crippen LogP contribution in [0.15, 0.2) is 52.2 Å². The topological polar surface area (TPSA) is 43.9 Å². The molecule has 0 radical (unpaired) electrons. The van der Waals surface area contributed by atoms with Crippen molar-refractivity contribution in [1.29, 1.82) is 0 Å². The van der Waals surface area contributed by atoms with Crippen LogP contribution >= 0.6 is 11.8 Å². The molecule has 0 unspecified atom stereocenters. The Morgan fingerprint density at radius 3 is 2.65 bits per heavy atom. The van der Waals surface area contributed by atoms with Crippen LogP contribution in [-0.2, 0) is 12.3 Å². The number of hydrogen-bond donors (Lipinski definition) is 0. The van der Waals surface area contributed by atoms with E-state index in [0.717, 1.165) is 29.0 Å². The van der Waals surface area contributed by atoms with Crippen molar-refractivity contribution in [3.05, 3.63) is 53.8 Å². The summed E-state index contributed by atoms with van der Waals surface area (Å²) in [7, 11) is 0. The number of thioether (sulfide) groups is 1. The van der Waals surface area contributed by atoms with E-state index >= 15 is 0 Å². The number of aryl methyl sites for hydroxylation is 1. The van der Waals surface area contributed by atoms with Gasteiger partial charge in [0.1, 0.15) is 0 Å². The second-order valence-corrected chi connectivity index (χ2v) is 6.95. The van der Waals surface area contributed by atoms with Crippen molar-refractivity contribution in [2.24, 2.45) is 5.92 Å². The normalized spacial score (nSPS) is 11.3. The molecule has 2 heterocycles. The number of hydrogen-bond acceptors (Lipinski definition) is 4. The molecule has 4 nitrogen and oxygen atoms in total. The number of furan rings is 1. The van der Waals surface area contributed by atoms with Crippen LogP contribution in [0.3, 0.4) is 0 Å². The van der Waals surface area contributed by atoms with Crippen molar-refractivity contribution >= 4 is 11.8 Å². The van der Waals surface area contributed by atoms with Gasteiger partial charge in [0.25, 0.3) is 0 Å². The zero-order valence-electron chi connectivity index (χ0n) is 13.7. The highest BCUT2D eigenvalue weighted by Crippen LogP contribution is 2.28. The van der Waals surface area contributed by atoms with Crippen LogP contribution in [0.2, 0.25) is 0 Å². The molecule has 0 aliphatic carbocycles. The van der Waals surface area contributed by atoms with Gasteiger partial charge in [-0.3, -0.25) is 4.57 Å². The van der Waals surface area contributed by atoms with Crippen LogP contribution in [0.4, 0.5) is 0 Å². The van der Waals surface area contributed by atoms with Crippen LogP contribution in [0.25, 0.3) is 11.6 Å². The maximum absolute atomic E-state index is 5.50. The summed E-state index contributed by atoms with van der Waals surface area (Å²) in [5.74, 6) is 2.97. The number of aromatic nitrogens is 3. The lowest BCUT2D eigenvalue weighted by atomic mass is 10.1. The molecular weight excluding hydrogens is 306 g/mol. The minimum Gasteiger partial charge on any atom is -0.461 e. The van der Waals surface area contributed by atoms with Gasteiger partial charge in [-0.2, -0.15) is 0 Å². The molecule has 0 saturated carbocycles. The van der Waals surface area contributed by atoms with Crippen molar-refractivity contribution in [3.63, 3.8) is 0 Å². The van der Waals surface area contributed by atoms with Gasteiger partial charge >= 0.3 is 0 Å². The lowest BCUT2D eigenvalue weighted by Gasteiger charge is -2.12. The second-order valence-electron chi connectivity index (χ2n) is 6.00. The molecule has 0 bridgehead atoms. The molecule has 3 aromatic rings. The fourth-order valence-electron chi connectivity index (χ4n) is 2.43. The van der Waals surface area contributed by atoms with Crippen molar-refractivity contribution in [2.45, 2.75) is 38.2 Å². The van der Waals surface area contributed by atoms with Crippen molar-refractivity contribution in [3.8, 4) is 11.6 Å². The average Bonchev–Trinajstić information content (AvgIpc) is 3.16. The fraction of sp³-hybridized carbons (Fsp3) is 0.333. The van der Waals surface area contributed by atoms with Gasteiger partial charge in [-0.05, 0) is 36.1 Å². The Morgan fingerprint density at radius 2 is 1.96 bits per heavy atom. The average molecular weight is 327 g/mol. The summed E-state index contributed by atoms with van der Waals surface area (Å²) in [6, 6.07) is 12.3. The molecule has 120 valence electrons. The van der Waals surface area contributed by atoms with E-state index in [1.165, 1.54) is 11.1 Å². The summed E-state index contributed by atoms with van der Waals surface area (Å²) in [5, 5.41) is 9.67. The van der Waals surface area contributed by atoms with Gasteiger partial charge in [-0.1, -0.05) is 49.9 Å². The molecule has 0 atom stereocenters. The van der Waals surface area contributed by atoms with Crippen LogP contribution in [0.5, 0.6) is 0 Å². The van der Waals surface area contributed by atoms with Gasteiger partial charge in [0.05, 0.1) is 6.26 Å². The van der Waals surface area contributed by atoms with Crippen LogP contribution in [-0.4, -0.2) is 14.8 Å². The largest absolute Gasteiger partial charge is 0.461 e. The summed E-state index contributed by atoms with van der Waals surface area (Å²) in [6.45, 7) is 7.41. The monoisotopic (exact) mass is 327 g/mol. The van der Waals surface area contributed by atoms with Gasteiger partial charge in [0.2, 0.25) is 0 Å². The highest BCUT2D eigenvalue weighted by molar-refractivity contribution is 7.98. The van der Waals surface area contributed by atoms with E-state index in [4.69, 9.17) is 4.42 Å². The minimum atomic E-state index is 0.512. The van der Waals surface area contributed by atoms with Crippen molar-refractivity contribution in [2.75, 3.05) is 0 Å². The van der Waals surface area contributed by atoms with Crippen molar-refractivity contribution < 1.29 is 4.42 Å². The van der Waals surface area contributed by atoms with E-state index in [0.29, 0.717) is 5.92 Å². The number of benzene rings is 1. The van der Waals surface area contributed by atoms with E-state index in [9.17, 15) is 0 Å². The first-order valence-electron chi connectivity index (χ1n) is 7.79. The summed E-state index contributed by atoms with van der Waals surface area (Å²) >= 11 is 1.72. The Morgan fingerprint density at radius 1 is 1.13 bits per heavy atom. The van der Waals surface area contributed by atoms with E-state index < -0.39 is 0 Å². The Balaban J connectivity index is 1.85. The first-order valence-corrected chi connectivity index (χ1v) is 8.78. The van der Waals surface area contributed by atoms with Crippen LogP contribution in [0, 0.1) is 12.8 Å². The van der Waals surface area contributed by atoms with E-state index in [1.807, 2.05) is 12.1 Å². The molecule has 0 saturated heterocycles. The third kappa shape index (κ3) is 3.67. The van der Waals surface area contributed by atoms with E-state index in [-0.39, 0.29) is 0 Å². The molecule has 23 heavy (non-hydrogen) atoms. The standard InChI is InChI=1S/C18H21N3OS/c1-13(2)11-21-17(16-9-6-10-22-16)19-20-18(21)23-12-15-8-5-4-7-14(15)3/h4-10,13H,11-12H2,1-3H3. The van der Waals surface area contributed by atoms with Gasteiger partial charge in [0, 0.05) is 12.3 Å². The van der Waals surface area contributed by atoms with Crippen molar-refractivity contribution in [1.82, 2.24) is 14.8 Å². The molecule has 0 amide bonds. The third-order valence-electron chi connectivity index (χ3n) is 3.62. The Kier molecular flexibility index (Phi) is 4.86. The lowest BCUT2D eigenvalue weighted by molar-refractivity contribution is 0.489. The van der Waals surface area contributed by atoms with Gasteiger partial charge in [-0.25, -0.2) is 0 Å². The summed E-state index contributed by atoms with van der Waals surface area (Å²) < 4.78 is 7.66. The predicted octanol–water partition coefficient (Wildman–Crippen LogP) is 4.79. The summed E-state index contributed by atoms with van der Waals surface area (Å²) in [5.41, 5.74) is 2.64. The minimum absolute atomic E-state index is 0.512. The first-order chi connectivity index (χ1) is 11.1.